The third-order valence-corrected chi connectivity index (χ3v) is 3.91. The summed E-state index contributed by atoms with van der Waals surface area (Å²) >= 11 is 0. The van der Waals surface area contributed by atoms with E-state index in [-0.39, 0.29) is 17.7 Å². The molecule has 0 unspecified atom stereocenters. The van der Waals surface area contributed by atoms with Crippen LogP contribution in [-0.2, 0) is 4.79 Å². The van der Waals surface area contributed by atoms with E-state index in [0.717, 1.165) is 18.4 Å². The highest BCUT2D eigenvalue weighted by Gasteiger charge is 2.29. The van der Waals surface area contributed by atoms with Crippen LogP contribution in [0, 0.1) is 12.8 Å². The van der Waals surface area contributed by atoms with Crippen molar-refractivity contribution < 1.29 is 14.3 Å². The highest BCUT2D eigenvalue weighted by atomic mass is 16.5. The minimum Gasteiger partial charge on any atom is -0.497 e. The summed E-state index contributed by atoms with van der Waals surface area (Å²) in [4.78, 5) is 28.2. The van der Waals surface area contributed by atoms with E-state index < -0.39 is 0 Å². The van der Waals surface area contributed by atoms with Gasteiger partial charge in [-0.15, -0.1) is 0 Å². The molecule has 0 aliphatic heterocycles. The number of pyridine rings is 1. The average Bonchev–Trinajstić information content (AvgIpc) is 3.42. The number of aryl methyl sites for hydroxylation is 1. The summed E-state index contributed by atoms with van der Waals surface area (Å²) in [5, 5.41) is 5.62. The SMILES string of the molecule is COc1ccc(C(=O)Nc2cnc(NC(=O)C3CC3)cc2C)cc1. The highest BCUT2D eigenvalue weighted by Crippen LogP contribution is 2.30. The van der Waals surface area contributed by atoms with Gasteiger partial charge in [-0.3, -0.25) is 9.59 Å². The van der Waals surface area contributed by atoms with Crippen molar-refractivity contribution in [1.29, 1.82) is 0 Å². The number of amides is 2. The summed E-state index contributed by atoms with van der Waals surface area (Å²) in [5.74, 6) is 1.11. The van der Waals surface area contributed by atoms with Crippen LogP contribution >= 0.6 is 0 Å². The van der Waals surface area contributed by atoms with Gasteiger partial charge >= 0.3 is 0 Å². The molecule has 6 nitrogen and oxygen atoms in total. The van der Waals surface area contributed by atoms with Crippen molar-refractivity contribution in [2.75, 3.05) is 17.7 Å². The van der Waals surface area contributed by atoms with Crippen molar-refractivity contribution in [3.05, 3.63) is 47.7 Å². The van der Waals surface area contributed by atoms with E-state index in [0.29, 0.717) is 22.8 Å². The fourth-order valence-electron chi connectivity index (χ4n) is 2.27. The Morgan fingerprint density at radius 3 is 2.46 bits per heavy atom. The van der Waals surface area contributed by atoms with Crippen molar-refractivity contribution in [1.82, 2.24) is 4.98 Å². The van der Waals surface area contributed by atoms with Gasteiger partial charge in [-0.25, -0.2) is 4.98 Å². The van der Waals surface area contributed by atoms with Gasteiger partial charge in [0, 0.05) is 11.5 Å². The van der Waals surface area contributed by atoms with Crippen LogP contribution in [0.2, 0.25) is 0 Å². The molecule has 1 aliphatic carbocycles. The zero-order valence-corrected chi connectivity index (χ0v) is 13.6. The first-order valence-electron chi connectivity index (χ1n) is 7.79. The maximum absolute atomic E-state index is 12.3. The molecule has 24 heavy (non-hydrogen) atoms. The van der Waals surface area contributed by atoms with Crippen molar-refractivity contribution in [2.45, 2.75) is 19.8 Å². The lowest BCUT2D eigenvalue weighted by molar-refractivity contribution is -0.117. The third kappa shape index (κ3) is 3.71. The monoisotopic (exact) mass is 325 g/mol. The van der Waals surface area contributed by atoms with E-state index >= 15 is 0 Å². The molecule has 0 atom stereocenters. The van der Waals surface area contributed by atoms with Crippen LogP contribution < -0.4 is 15.4 Å². The summed E-state index contributed by atoms with van der Waals surface area (Å²) in [6, 6.07) is 8.61. The first kappa shape index (κ1) is 16.0. The standard InChI is InChI=1S/C18H19N3O3/c1-11-9-16(21-18(23)12-3-4-12)19-10-15(11)20-17(22)13-5-7-14(24-2)8-6-13/h5-10,12H,3-4H2,1-2H3,(H,20,22)(H,19,21,23). The Balaban J connectivity index is 1.67. The van der Waals surface area contributed by atoms with Crippen molar-refractivity contribution >= 4 is 23.3 Å². The smallest absolute Gasteiger partial charge is 0.255 e. The molecule has 1 aromatic carbocycles. The molecule has 124 valence electrons. The number of rotatable bonds is 5. The predicted molar refractivity (Wildman–Crippen MR) is 91.3 cm³/mol. The van der Waals surface area contributed by atoms with Crippen LogP contribution in [0.15, 0.2) is 36.5 Å². The van der Waals surface area contributed by atoms with Crippen molar-refractivity contribution in [3.63, 3.8) is 0 Å². The second kappa shape index (κ2) is 6.70. The van der Waals surface area contributed by atoms with Gasteiger partial charge in [0.25, 0.3) is 5.91 Å². The van der Waals surface area contributed by atoms with Gasteiger partial charge in [0.15, 0.2) is 0 Å². The molecule has 1 fully saturated rings. The number of nitrogens with one attached hydrogen (secondary N) is 2. The Labute approximate surface area is 140 Å². The number of anilines is 2. The summed E-state index contributed by atoms with van der Waals surface area (Å²) in [6.07, 6.45) is 3.45. The van der Waals surface area contributed by atoms with Crippen LogP contribution in [0.3, 0.4) is 0 Å². The van der Waals surface area contributed by atoms with Gasteiger partial charge in [0.2, 0.25) is 5.91 Å². The number of carbonyl (C=O) groups excluding carboxylic acids is 2. The molecular weight excluding hydrogens is 306 g/mol. The fraction of sp³-hybridized carbons (Fsp3) is 0.278. The third-order valence-electron chi connectivity index (χ3n) is 3.91. The zero-order chi connectivity index (χ0) is 17.1. The molecular formula is C18H19N3O3. The number of methoxy groups -OCH3 is 1. The number of carbonyl (C=O) groups is 2. The molecule has 0 bridgehead atoms. The predicted octanol–water partition coefficient (Wildman–Crippen LogP) is 3.00. The molecule has 2 N–H and O–H groups in total. The molecule has 1 aliphatic rings. The van der Waals surface area contributed by atoms with Crippen LogP contribution in [0.5, 0.6) is 5.75 Å². The van der Waals surface area contributed by atoms with E-state index in [9.17, 15) is 9.59 Å². The summed E-state index contributed by atoms with van der Waals surface area (Å²) in [6.45, 7) is 1.86. The van der Waals surface area contributed by atoms with Crippen LogP contribution in [0.4, 0.5) is 11.5 Å². The number of hydrogen-bond donors (Lipinski definition) is 2. The minimum absolute atomic E-state index is 0.0110. The Hall–Kier alpha value is -2.89. The van der Waals surface area contributed by atoms with E-state index in [1.807, 2.05) is 6.92 Å². The van der Waals surface area contributed by atoms with E-state index in [2.05, 4.69) is 15.6 Å². The lowest BCUT2D eigenvalue weighted by Gasteiger charge is -2.10. The van der Waals surface area contributed by atoms with Gasteiger partial charge in [-0.1, -0.05) is 0 Å². The number of hydrogen-bond acceptors (Lipinski definition) is 4. The molecule has 2 aromatic rings. The van der Waals surface area contributed by atoms with Gasteiger partial charge in [-0.05, 0) is 55.7 Å². The quantitative estimate of drug-likeness (QED) is 0.885. The first-order chi connectivity index (χ1) is 11.6. The molecule has 2 amide bonds. The number of ether oxygens (including phenoxy) is 1. The average molecular weight is 325 g/mol. The zero-order valence-electron chi connectivity index (χ0n) is 13.6. The molecule has 6 heteroatoms. The lowest BCUT2D eigenvalue weighted by atomic mass is 10.2. The fourth-order valence-corrected chi connectivity index (χ4v) is 2.27. The highest BCUT2D eigenvalue weighted by molar-refractivity contribution is 6.04. The number of aromatic nitrogens is 1. The second-order valence-corrected chi connectivity index (χ2v) is 5.83. The maximum Gasteiger partial charge on any atom is 0.255 e. The molecule has 1 aromatic heterocycles. The van der Waals surface area contributed by atoms with Crippen molar-refractivity contribution in [2.24, 2.45) is 5.92 Å². The number of nitrogens with zero attached hydrogens (tertiary/aromatic N) is 1. The molecule has 0 radical (unpaired) electrons. The van der Waals surface area contributed by atoms with Gasteiger partial charge in [0.1, 0.15) is 11.6 Å². The summed E-state index contributed by atoms with van der Waals surface area (Å²) < 4.78 is 5.08. The second-order valence-electron chi connectivity index (χ2n) is 5.83. The normalized spacial score (nSPS) is 13.2. The van der Waals surface area contributed by atoms with Crippen molar-refractivity contribution in [3.8, 4) is 5.75 Å². The van der Waals surface area contributed by atoms with Gasteiger partial charge in [-0.2, -0.15) is 0 Å². The Bertz CT molecular complexity index is 768. The minimum atomic E-state index is -0.225. The maximum atomic E-state index is 12.3. The van der Waals surface area contributed by atoms with Crippen LogP contribution in [-0.4, -0.2) is 23.9 Å². The molecule has 1 heterocycles. The first-order valence-corrected chi connectivity index (χ1v) is 7.79. The molecule has 0 spiro atoms. The summed E-state index contributed by atoms with van der Waals surface area (Å²) in [7, 11) is 1.58. The van der Waals surface area contributed by atoms with E-state index in [1.54, 1.807) is 43.6 Å². The van der Waals surface area contributed by atoms with E-state index in [4.69, 9.17) is 4.74 Å². The van der Waals surface area contributed by atoms with Crippen LogP contribution in [0.25, 0.3) is 0 Å². The Morgan fingerprint density at radius 1 is 1.17 bits per heavy atom. The topological polar surface area (TPSA) is 80.3 Å². The molecule has 3 rings (SSSR count). The van der Waals surface area contributed by atoms with Gasteiger partial charge < -0.3 is 15.4 Å². The number of benzene rings is 1. The van der Waals surface area contributed by atoms with Crippen LogP contribution in [0.1, 0.15) is 28.8 Å². The van der Waals surface area contributed by atoms with Gasteiger partial charge in [0.05, 0.1) is 19.0 Å². The van der Waals surface area contributed by atoms with E-state index in [1.165, 1.54) is 0 Å². The lowest BCUT2D eigenvalue weighted by Crippen LogP contribution is -2.16. The summed E-state index contributed by atoms with van der Waals surface area (Å²) in [5.41, 5.74) is 1.97. The Kier molecular flexibility index (Phi) is 4.46. The largest absolute Gasteiger partial charge is 0.497 e. The Morgan fingerprint density at radius 2 is 1.88 bits per heavy atom. The molecule has 1 saturated carbocycles. The molecule has 0 saturated heterocycles.